The lowest BCUT2D eigenvalue weighted by Crippen LogP contribution is -2.52. The number of carbonyl (C=O) groups is 4. The molecule has 0 aromatic heterocycles. The molecule has 5 aliphatic rings. The van der Waals surface area contributed by atoms with Crippen LogP contribution >= 0.6 is 11.6 Å². The van der Waals surface area contributed by atoms with Crippen molar-refractivity contribution in [3.8, 4) is 0 Å². The maximum absolute atomic E-state index is 13.6. The molecule has 2 aromatic rings. The van der Waals surface area contributed by atoms with E-state index in [2.05, 4.69) is 0 Å². The number of Topliss-reactive ketones (excluding diaryl/α,β-unsaturated/α-hetero) is 1. The van der Waals surface area contributed by atoms with E-state index in [0.29, 0.717) is 16.9 Å². The molecule has 3 fully saturated rings. The second kappa shape index (κ2) is 7.60. The zero-order chi connectivity index (χ0) is 23.7. The van der Waals surface area contributed by atoms with E-state index in [9.17, 15) is 23.6 Å². The van der Waals surface area contributed by atoms with Gasteiger partial charge in [0.25, 0.3) is 17.7 Å². The highest BCUT2D eigenvalue weighted by Gasteiger charge is 2.68. The minimum Gasteiger partial charge on any atom is -0.292 e. The van der Waals surface area contributed by atoms with Crippen LogP contribution in [0.25, 0.3) is 0 Å². The van der Waals surface area contributed by atoms with Crippen molar-refractivity contribution in [3.05, 3.63) is 82.6 Å². The van der Waals surface area contributed by atoms with Crippen molar-refractivity contribution in [2.75, 3.05) is 6.54 Å². The fraction of sp³-hybridized carbons (Fsp3) is 0.308. The molecule has 3 amide bonds. The summed E-state index contributed by atoms with van der Waals surface area (Å²) < 4.78 is 13.3. The highest BCUT2D eigenvalue weighted by Crippen LogP contribution is 2.65. The van der Waals surface area contributed by atoms with Crippen molar-refractivity contribution in [3.63, 3.8) is 0 Å². The maximum Gasteiger partial charge on any atom is 0.273 e. The van der Waals surface area contributed by atoms with Crippen LogP contribution in [0, 0.1) is 41.3 Å². The molecule has 34 heavy (non-hydrogen) atoms. The van der Waals surface area contributed by atoms with Gasteiger partial charge < -0.3 is 0 Å². The summed E-state index contributed by atoms with van der Waals surface area (Å²) >= 11 is 5.95. The van der Waals surface area contributed by atoms with Gasteiger partial charge in [-0.2, -0.15) is 5.01 Å². The zero-order valence-electron chi connectivity index (χ0n) is 17.9. The highest BCUT2D eigenvalue weighted by atomic mass is 35.5. The summed E-state index contributed by atoms with van der Waals surface area (Å²) in [6.45, 7) is -0.528. The third-order valence-corrected chi connectivity index (χ3v) is 7.92. The minimum atomic E-state index is -0.655. The van der Waals surface area contributed by atoms with Crippen molar-refractivity contribution in [1.29, 1.82) is 0 Å². The topological polar surface area (TPSA) is 74.8 Å². The van der Waals surface area contributed by atoms with Gasteiger partial charge in [0.2, 0.25) is 0 Å². The summed E-state index contributed by atoms with van der Waals surface area (Å²) in [6.07, 6.45) is 5.11. The first kappa shape index (κ1) is 21.2. The largest absolute Gasteiger partial charge is 0.292 e. The standard InChI is InChI=1S/C26H20ClFN2O4/c27-15-5-1-14(2-6-15)24(32)29(12-21(31)13-3-7-16(28)8-4-13)30-25(33)22-17-9-10-18(20-11-19(17)20)23(22)26(30)34/h1-10,17-20,22-23H,11-12H2/t17-,18-,19-,20-,22-,23+/m0/s1. The number of amides is 3. The molecule has 2 bridgehead atoms. The molecule has 7 rings (SSSR count). The van der Waals surface area contributed by atoms with Gasteiger partial charge in [-0.15, -0.1) is 0 Å². The number of allylic oxidation sites excluding steroid dienone is 2. The number of hydrogen-bond acceptors (Lipinski definition) is 4. The Morgan fingerprint density at radius 1 is 0.882 bits per heavy atom. The van der Waals surface area contributed by atoms with Gasteiger partial charge in [-0.1, -0.05) is 23.8 Å². The Morgan fingerprint density at radius 3 is 1.97 bits per heavy atom. The van der Waals surface area contributed by atoms with Gasteiger partial charge in [-0.3, -0.25) is 19.2 Å². The molecule has 1 heterocycles. The van der Waals surface area contributed by atoms with Crippen LogP contribution in [0.3, 0.4) is 0 Å². The summed E-state index contributed by atoms with van der Waals surface area (Å²) in [5, 5.41) is 2.26. The van der Waals surface area contributed by atoms with E-state index in [1.807, 2.05) is 12.2 Å². The number of hydrogen-bond donors (Lipinski definition) is 0. The average Bonchev–Trinajstić information content (AvgIpc) is 3.62. The van der Waals surface area contributed by atoms with Crippen molar-refractivity contribution < 1.29 is 23.6 Å². The van der Waals surface area contributed by atoms with Gasteiger partial charge in [0.05, 0.1) is 11.8 Å². The molecule has 2 saturated carbocycles. The first-order valence-corrected chi connectivity index (χ1v) is 11.6. The summed E-state index contributed by atoms with van der Waals surface area (Å²) in [5.41, 5.74) is 0.366. The number of rotatable bonds is 5. The van der Waals surface area contributed by atoms with Crippen LogP contribution in [0.2, 0.25) is 5.02 Å². The molecule has 0 spiro atoms. The number of nitrogens with zero attached hydrogens (tertiary/aromatic N) is 2. The normalized spacial score (nSPS) is 30.2. The van der Waals surface area contributed by atoms with Crippen LogP contribution in [0.5, 0.6) is 0 Å². The van der Waals surface area contributed by atoms with Crippen LogP contribution in [-0.4, -0.2) is 40.1 Å². The fourth-order valence-corrected chi connectivity index (χ4v) is 6.14. The molecular formula is C26H20ClFN2O4. The molecule has 172 valence electrons. The van der Waals surface area contributed by atoms with E-state index in [4.69, 9.17) is 11.6 Å². The number of carbonyl (C=O) groups excluding carboxylic acids is 4. The Kier molecular flexibility index (Phi) is 4.74. The molecule has 0 unspecified atom stereocenters. The third kappa shape index (κ3) is 3.14. The lowest BCUT2D eigenvalue weighted by molar-refractivity contribution is -0.154. The Hall–Kier alpha value is -3.32. The van der Waals surface area contributed by atoms with Gasteiger partial charge in [-0.25, -0.2) is 9.40 Å². The molecule has 4 aliphatic carbocycles. The van der Waals surface area contributed by atoms with Gasteiger partial charge in [-0.05, 0) is 78.6 Å². The van der Waals surface area contributed by atoms with Gasteiger partial charge in [0, 0.05) is 16.1 Å². The van der Waals surface area contributed by atoms with Crippen LogP contribution in [0.1, 0.15) is 27.1 Å². The Bertz CT molecular complexity index is 1220. The Morgan fingerprint density at radius 2 is 1.41 bits per heavy atom. The zero-order valence-corrected chi connectivity index (χ0v) is 18.7. The van der Waals surface area contributed by atoms with E-state index in [1.165, 1.54) is 36.4 Å². The van der Waals surface area contributed by atoms with Crippen molar-refractivity contribution in [2.24, 2.45) is 35.5 Å². The maximum atomic E-state index is 13.6. The molecule has 0 N–H and O–H groups in total. The van der Waals surface area contributed by atoms with Crippen molar-refractivity contribution in [2.45, 2.75) is 6.42 Å². The molecule has 6 atom stereocenters. The van der Waals surface area contributed by atoms with Gasteiger partial charge >= 0.3 is 0 Å². The van der Waals surface area contributed by atoms with Crippen LogP contribution < -0.4 is 0 Å². The summed E-state index contributed by atoms with van der Waals surface area (Å²) in [4.78, 5) is 53.8. The van der Waals surface area contributed by atoms with Crippen molar-refractivity contribution in [1.82, 2.24) is 10.0 Å². The SMILES string of the molecule is O=C(CN(C(=O)c1ccc(Cl)cc1)N1C(=O)[C@@H]2[C@H]3C=C[C@@H]([C@@H]4C[C@@H]34)[C@@H]2C1=O)c1ccc(F)cc1. The van der Waals surface area contributed by atoms with Gasteiger partial charge in [0.15, 0.2) is 5.78 Å². The predicted molar refractivity (Wildman–Crippen MR) is 120 cm³/mol. The number of imide groups is 1. The number of halogens is 2. The Balaban J connectivity index is 1.36. The first-order chi connectivity index (χ1) is 16.3. The summed E-state index contributed by atoms with van der Waals surface area (Å²) in [7, 11) is 0. The molecule has 6 nitrogen and oxygen atoms in total. The molecular weight excluding hydrogens is 459 g/mol. The molecule has 0 radical (unpaired) electrons. The molecule has 8 heteroatoms. The molecule has 1 saturated heterocycles. The smallest absolute Gasteiger partial charge is 0.273 e. The number of hydrazine groups is 1. The second-order valence-corrected chi connectivity index (χ2v) is 9.88. The van der Waals surface area contributed by atoms with E-state index in [0.717, 1.165) is 28.6 Å². The van der Waals surface area contributed by atoms with Crippen molar-refractivity contribution >= 4 is 35.1 Å². The monoisotopic (exact) mass is 478 g/mol. The molecule has 2 aromatic carbocycles. The lowest BCUT2D eigenvalue weighted by atomic mass is 9.63. The predicted octanol–water partition coefficient (Wildman–Crippen LogP) is 3.77. The van der Waals surface area contributed by atoms with Gasteiger partial charge in [0.1, 0.15) is 12.4 Å². The number of ketones is 1. The first-order valence-electron chi connectivity index (χ1n) is 11.3. The highest BCUT2D eigenvalue weighted by molar-refractivity contribution is 6.30. The van der Waals surface area contributed by atoms with E-state index < -0.39 is 47.7 Å². The van der Waals surface area contributed by atoms with Crippen LogP contribution in [0.4, 0.5) is 4.39 Å². The lowest BCUT2D eigenvalue weighted by Gasteiger charge is -2.37. The average molecular weight is 479 g/mol. The third-order valence-electron chi connectivity index (χ3n) is 7.67. The second-order valence-electron chi connectivity index (χ2n) is 9.44. The quantitative estimate of drug-likeness (QED) is 0.372. The fourth-order valence-electron chi connectivity index (χ4n) is 6.02. The molecule has 1 aliphatic heterocycles. The minimum absolute atomic E-state index is 0.0123. The van der Waals surface area contributed by atoms with Crippen LogP contribution in [0.15, 0.2) is 60.7 Å². The van der Waals surface area contributed by atoms with E-state index in [1.54, 1.807) is 0 Å². The van der Waals surface area contributed by atoms with E-state index in [-0.39, 0.29) is 23.0 Å². The number of benzene rings is 2. The summed E-state index contributed by atoms with van der Waals surface area (Å²) in [5.74, 6) is -2.75. The summed E-state index contributed by atoms with van der Waals surface area (Å²) in [6, 6.07) is 10.9. The van der Waals surface area contributed by atoms with E-state index >= 15 is 0 Å². The van der Waals surface area contributed by atoms with Crippen LogP contribution in [-0.2, 0) is 9.59 Å². The Labute approximate surface area is 199 Å².